The van der Waals surface area contributed by atoms with Crippen LogP contribution in [0.4, 0.5) is 9.18 Å². The van der Waals surface area contributed by atoms with E-state index in [1.165, 1.54) is 23.9 Å². The number of aryl methyl sites for hydroxylation is 1. The van der Waals surface area contributed by atoms with Gasteiger partial charge in [-0.1, -0.05) is 43.3 Å². The monoisotopic (exact) mass is 312 g/mol. The first-order valence-electron chi connectivity index (χ1n) is 7.66. The summed E-state index contributed by atoms with van der Waals surface area (Å²) in [5, 5.41) is 5.51. The average Bonchev–Trinajstić information content (AvgIpc) is 2.56. The molecule has 4 heteroatoms. The van der Waals surface area contributed by atoms with Crippen molar-refractivity contribution >= 4 is 12.1 Å². The number of nitrogens with one attached hydrogen (secondary N) is 2. The lowest BCUT2D eigenvalue weighted by Gasteiger charge is -2.14. The Bertz CT molecular complexity index is 663. The third kappa shape index (κ3) is 5.25. The van der Waals surface area contributed by atoms with E-state index in [0.29, 0.717) is 0 Å². The van der Waals surface area contributed by atoms with E-state index in [0.717, 1.165) is 17.5 Å². The first-order chi connectivity index (χ1) is 11.1. The molecule has 0 heterocycles. The normalized spacial score (nSPS) is 12.1. The summed E-state index contributed by atoms with van der Waals surface area (Å²) in [6.07, 6.45) is 4.24. The third-order valence-corrected chi connectivity index (χ3v) is 3.60. The van der Waals surface area contributed by atoms with Crippen LogP contribution in [0, 0.1) is 5.82 Å². The van der Waals surface area contributed by atoms with E-state index in [4.69, 9.17) is 0 Å². The molecule has 2 rings (SSSR count). The van der Waals surface area contributed by atoms with Crippen LogP contribution in [0.15, 0.2) is 54.7 Å². The molecule has 0 aliphatic rings. The fourth-order valence-electron chi connectivity index (χ4n) is 2.15. The standard InChI is InChI=1S/C19H21FN2O/c1-3-15-4-8-17(9-5-15)14(2)22-19(23)21-13-12-16-6-10-18(20)11-7-16/h4-14H,3H2,1-2H3,(H2,21,22,23)/b13-12+. The Labute approximate surface area is 136 Å². The fourth-order valence-corrected chi connectivity index (χ4v) is 2.15. The highest BCUT2D eigenvalue weighted by molar-refractivity contribution is 5.76. The van der Waals surface area contributed by atoms with Crippen LogP contribution >= 0.6 is 0 Å². The minimum absolute atomic E-state index is 0.0832. The molecule has 2 N–H and O–H groups in total. The Balaban J connectivity index is 1.84. The van der Waals surface area contributed by atoms with Crippen molar-refractivity contribution in [1.82, 2.24) is 10.6 Å². The van der Waals surface area contributed by atoms with Gasteiger partial charge >= 0.3 is 6.03 Å². The molecule has 0 saturated carbocycles. The molecule has 0 saturated heterocycles. The van der Waals surface area contributed by atoms with Crippen molar-refractivity contribution in [1.29, 1.82) is 0 Å². The Morgan fingerprint density at radius 1 is 1.13 bits per heavy atom. The number of halogens is 1. The summed E-state index contributed by atoms with van der Waals surface area (Å²) in [5.74, 6) is -0.282. The zero-order valence-electron chi connectivity index (χ0n) is 13.3. The van der Waals surface area contributed by atoms with Crippen molar-refractivity contribution in [2.75, 3.05) is 0 Å². The number of benzene rings is 2. The predicted octanol–water partition coefficient (Wildman–Crippen LogP) is 4.42. The average molecular weight is 312 g/mol. The Morgan fingerprint density at radius 3 is 2.39 bits per heavy atom. The molecule has 0 aliphatic carbocycles. The van der Waals surface area contributed by atoms with Gasteiger partial charge in [0, 0.05) is 6.20 Å². The van der Waals surface area contributed by atoms with Gasteiger partial charge in [0.05, 0.1) is 6.04 Å². The summed E-state index contributed by atoms with van der Waals surface area (Å²) >= 11 is 0. The van der Waals surface area contributed by atoms with Gasteiger partial charge in [-0.3, -0.25) is 0 Å². The minimum atomic E-state index is -0.282. The molecule has 2 amide bonds. The van der Waals surface area contributed by atoms with Gasteiger partial charge in [0.25, 0.3) is 0 Å². The maximum atomic E-state index is 12.8. The lowest BCUT2D eigenvalue weighted by Crippen LogP contribution is -2.34. The van der Waals surface area contributed by atoms with E-state index in [2.05, 4.69) is 29.7 Å². The van der Waals surface area contributed by atoms with E-state index >= 15 is 0 Å². The van der Waals surface area contributed by atoms with Crippen LogP contribution in [-0.4, -0.2) is 6.03 Å². The van der Waals surface area contributed by atoms with Crippen LogP contribution in [0.25, 0.3) is 6.08 Å². The van der Waals surface area contributed by atoms with E-state index in [9.17, 15) is 9.18 Å². The highest BCUT2D eigenvalue weighted by atomic mass is 19.1. The summed E-state index contributed by atoms with van der Waals surface area (Å²) < 4.78 is 12.8. The molecule has 0 aliphatic heterocycles. The molecule has 2 aromatic carbocycles. The van der Waals surface area contributed by atoms with Gasteiger partial charge in [-0.05, 0) is 48.2 Å². The number of amides is 2. The minimum Gasteiger partial charge on any atom is -0.331 e. The summed E-state index contributed by atoms with van der Waals surface area (Å²) in [6.45, 7) is 4.04. The van der Waals surface area contributed by atoms with Crippen molar-refractivity contribution in [2.45, 2.75) is 26.3 Å². The van der Waals surface area contributed by atoms with Gasteiger partial charge < -0.3 is 10.6 Å². The molecule has 0 radical (unpaired) electrons. The number of hydrogen-bond acceptors (Lipinski definition) is 1. The van der Waals surface area contributed by atoms with Crippen molar-refractivity contribution in [3.05, 3.63) is 77.2 Å². The lowest BCUT2D eigenvalue weighted by molar-refractivity contribution is 0.241. The maximum absolute atomic E-state index is 12.8. The van der Waals surface area contributed by atoms with Crippen LogP contribution in [0.3, 0.4) is 0 Å². The van der Waals surface area contributed by atoms with Crippen LogP contribution in [0.1, 0.15) is 36.6 Å². The van der Waals surface area contributed by atoms with Gasteiger partial charge in [0.1, 0.15) is 5.82 Å². The second-order valence-corrected chi connectivity index (χ2v) is 5.32. The second kappa shape index (κ2) is 8.13. The van der Waals surface area contributed by atoms with Crippen LogP contribution < -0.4 is 10.6 Å². The molecule has 0 aromatic heterocycles. The molecule has 120 valence electrons. The third-order valence-electron chi connectivity index (χ3n) is 3.60. The zero-order chi connectivity index (χ0) is 16.7. The Morgan fingerprint density at radius 2 is 1.78 bits per heavy atom. The largest absolute Gasteiger partial charge is 0.331 e. The summed E-state index contributed by atoms with van der Waals surface area (Å²) in [7, 11) is 0. The first-order valence-corrected chi connectivity index (χ1v) is 7.66. The molecule has 0 spiro atoms. The molecule has 1 unspecified atom stereocenters. The van der Waals surface area contributed by atoms with Gasteiger partial charge in [0.2, 0.25) is 0 Å². The molecule has 23 heavy (non-hydrogen) atoms. The van der Waals surface area contributed by atoms with E-state index < -0.39 is 0 Å². The lowest BCUT2D eigenvalue weighted by atomic mass is 10.1. The van der Waals surface area contributed by atoms with Crippen molar-refractivity contribution in [3.63, 3.8) is 0 Å². The van der Waals surface area contributed by atoms with Gasteiger partial charge in [0.15, 0.2) is 0 Å². The first kappa shape index (κ1) is 16.7. The van der Waals surface area contributed by atoms with Crippen molar-refractivity contribution in [3.8, 4) is 0 Å². The second-order valence-electron chi connectivity index (χ2n) is 5.32. The maximum Gasteiger partial charge on any atom is 0.319 e. The summed E-state index contributed by atoms with van der Waals surface area (Å²) in [6, 6.07) is 13.9. The Kier molecular flexibility index (Phi) is 5.92. The topological polar surface area (TPSA) is 41.1 Å². The fraction of sp³-hybridized carbons (Fsp3) is 0.211. The molecular weight excluding hydrogens is 291 g/mol. The van der Waals surface area contributed by atoms with Crippen LogP contribution in [0.5, 0.6) is 0 Å². The number of carbonyl (C=O) groups excluding carboxylic acids is 1. The molecular formula is C19H21FN2O. The van der Waals surface area contributed by atoms with Crippen molar-refractivity contribution < 1.29 is 9.18 Å². The number of carbonyl (C=O) groups is 1. The van der Waals surface area contributed by atoms with Gasteiger partial charge in [-0.2, -0.15) is 0 Å². The van der Waals surface area contributed by atoms with E-state index in [1.807, 2.05) is 19.1 Å². The zero-order valence-corrected chi connectivity index (χ0v) is 13.3. The highest BCUT2D eigenvalue weighted by Gasteiger charge is 2.07. The number of urea groups is 1. The van der Waals surface area contributed by atoms with Gasteiger partial charge in [-0.25, -0.2) is 9.18 Å². The highest BCUT2D eigenvalue weighted by Crippen LogP contribution is 2.13. The quantitative estimate of drug-likeness (QED) is 0.843. The molecule has 0 fully saturated rings. The Hall–Kier alpha value is -2.62. The van der Waals surface area contributed by atoms with E-state index in [-0.39, 0.29) is 17.9 Å². The molecule has 2 aromatic rings. The van der Waals surface area contributed by atoms with E-state index in [1.54, 1.807) is 18.2 Å². The molecule has 1 atom stereocenters. The summed E-state index contributed by atoms with van der Waals surface area (Å²) in [4.78, 5) is 11.9. The number of hydrogen-bond donors (Lipinski definition) is 2. The van der Waals surface area contributed by atoms with Crippen LogP contribution in [-0.2, 0) is 6.42 Å². The summed E-state index contributed by atoms with van der Waals surface area (Å²) in [5.41, 5.74) is 3.14. The van der Waals surface area contributed by atoms with Crippen molar-refractivity contribution in [2.24, 2.45) is 0 Å². The SMILES string of the molecule is CCc1ccc(C(C)NC(=O)N/C=C/c2ccc(F)cc2)cc1. The predicted molar refractivity (Wildman–Crippen MR) is 91.3 cm³/mol. The molecule has 0 bridgehead atoms. The smallest absolute Gasteiger partial charge is 0.319 e. The van der Waals surface area contributed by atoms with Crippen LogP contribution in [0.2, 0.25) is 0 Å². The van der Waals surface area contributed by atoms with Gasteiger partial charge in [-0.15, -0.1) is 0 Å². The number of rotatable bonds is 5. The molecule has 3 nitrogen and oxygen atoms in total.